The maximum atomic E-state index is 13.7. The molecular formula is C18H12F2N4OS. The molecule has 1 N–H and O–H groups in total. The van der Waals surface area contributed by atoms with Crippen LogP contribution in [0.4, 0.5) is 14.7 Å². The first-order chi connectivity index (χ1) is 12.5. The highest BCUT2D eigenvalue weighted by Gasteiger charge is 2.17. The standard InChI is InChI=1S/C18H12F2N4OS/c1-10-2-4-11(5-3-10)15-9-26-18-22-17(23-24(15)18)21-16(25)13-7-6-12(19)8-14(13)20/h2-9H,1H3,(H,21,23,25). The van der Waals surface area contributed by atoms with Crippen LogP contribution in [0.15, 0.2) is 47.8 Å². The highest BCUT2D eigenvalue weighted by molar-refractivity contribution is 7.15. The molecule has 5 nitrogen and oxygen atoms in total. The molecule has 0 saturated carbocycles. The van der Waals surface area contributed by atoms with Crippen LogP contribution in [0.1, 0.15) is 15.9 Å². The van der Waals surface area contributed by atoms with Gasteiger partial charge in [0, 0.05) is 17.0 Å². The van der Waals surface area contributed by atoms with E-state index in [0.717, 1.165) is 29.0 Å². The van der Waals surface area contributed by atoms with Crippen molar-refractivity contribution in [1.82, 2.24) is 14.6 Å². The van der Waals surface area contributed by atoms with E-state index in [2.05, 4.69) is 15.4 Å². The van der Waals surface area contributed by atoms with E-state index >= 15 is 0 Å². The third-order valence-corrected chi connectivity index (χ3v) is 4.65. The Balaban J connectivity index is 1.64. The van der Waals surface area contributed by atoms with Gasteiger partial charge >= 0.3 is 0 Å². The summed E-state index contributed by atoms with van der Waals surface area (Å²) in [4.78, 5) is 17.0. The summed E-state index contributed by atoms with van der Waals surface area (Å²) in [6, 6.07) is 10.7. The lowest BCUT2D eigenvalue weighted by atomic mass is 10.1. The zero-order chi connectivity index (χ0) is 18.3. The lowest BCUT2D eigenvalue weighted by Gasteiger charge is -2.02. The van der Waals surface area contributed by atoms with Crippen molar-refractivity contribution in [3.8, 4) is 11.3 Å². The monoisotopic (exact) mass is 370 g/mol. The Kier molecular flexibility index (Phi) is 3.96. The topological polar surface area (TPSA) is 59.3 Å². The molecule has 26 heavy (non-hydrogen) atoms. The van der Waals surface area contributed by atoms with Crippen molar-refractivity contribution in [2.24, 2.45) is 0 Å². The predicted octanol–water partition coefficient (Wildman–Crippen LogP) is 4.30. The predicted molar refractivity (Wildman–Crippen MR) is 95.3 cm³/mol. The number of amides is 1. The SMILES string of the molecule is Cc1ccc(-c2csc3nc(NC(=O)c4ccc(F)cc4F)nn23)cc1. The van der Waals surface area contributed by atoms with Gasteiger partial charge in [-0.05, 0) is 19.1 Å². The quantitative estimate of drug-likeness (QED) is 0.585. The van der Waals surface area contributed by atoms with E-state index < -0.39 is 17.5 Å². The second kappa shape index (κ2) is 6.30. The van der Waals surface area contributed by atoms with E-state index in [1.165, 1.54) is 11.3 Å². The first kappa shape index (κ1) is 16.3. The van der Waals surface area contributed by atoms with Gasteiger partial charge in [-0.15, -0.1) is 16.4 Å². The van der Waals surface area contributed by atoms with Crippen LogP contribution in [0, 0.1) is 18.6 Å². The van der Waals surface area contributed by atoms with Crippen LogP contribution in [0.5, 0.6) is 0 Å². The van der Waals surface area contributed by atoms with Crippen LogP contribution >= 0.6 is 11.3 Å². The Morgan fingerprint density at radius 1 is 1.15 bits per heavy atom. The van der Waals surface area contributed by atoms with Crippen LogP contribution in [-0.4, -0.2) is 20.5 Å². The van der Waals surface area contributed by atoms with Crippen LogP contribution < -0.4 is 5.32 Å². The summed E-state index contributed by atoms with van der Waals surface area (Å²) in [5.41, 5.74) is 2.68. The Hall–Kier alpha value is -3.13. The largest absolute Gasteiger partial charge is 0.289 e. The molecule has 130 valence electrons. The fourth-order valence-corrected chi connectivity index (χ4v) is 3.33. The lowest BCUT2D eigenvalue weighted by molar-refractivity contribution is 0.102. The summed E-state index contributed by atoms with van der Waals surface area (Å²) < 4.78 is 28.3. The number of hydrogen-bond donors (Lipinski definition) is 1. The van der Waals surface area contributed by atoms with Crippen molar-refractivity contribution >= 4 is 28.2 Å². The van der Waals surface area contributed by atoms with Crippen LogP contribution in [0.25, 0.3) is 16.2 Å². The lowest BCUT2D eigenvalue weighted by Crippen LogP contribution is -2.15. The number of anilines is 1. The number of carbonyl (C=O) groups is 1. The summed E-state index contributed by atoms with van der Waals surface area (Å²) in [7, 11) is 0. The molecule has 0 spiro atoms. The number of carbonyl (C=O) groups excluding carboxylic acids is 1. The first-order valence-corrected chi connectivity index (χ1v) is 8.57. The molecular weight excluding hydrogens is 358 g/mol. The summed E-state index contributed by atoms with van der Waals surface area (Å²) >= 11 is 1.38. The second-order valence-electron chi connectivity index (χ2n) is 5.70. The zero-order valence-electron chi connectivity index (χ0n) is 13.5. The molecule has 0 fully saturated rings. The molecule has 2 aromatic carbocycles. The van der Waals surface area contributed by atoms with E-state index in [4.69, 9.17) is 0 Å². The van der Waals surface area contributed by atoms with Crippen molar-refractivity contribution in [3.63, 3.8) is 0 Å². The highest BCUT2D eigenvalue weighted by atomic mass is 32.1. The number of nitrogens with one attached hydrogen (secondary N) is 1. The van der Waals surface area contributed by atoms with Crippen LogP contribution in [0.3, 0.4) is 0 Å². The number of aryl methyl sites for hydroxylation is 1. The Bertz CT molecular complexity index is 1120. The van der Waals surface area contributed by atoms with Gasteiger partial charge in [0.2, 0.25) is 4.96 Å². The van der Waals surface area contributed by atoms with Gasteiger partial charge in [0.05, 0.1) is 11.3 Å². The first-order valence-electron chi connectivity index (χ1n) is 7.69. The molecule has 0 bridgehead atoms. The zero-order valence-corrected chi connectivity index (χ0v) is 14.3. The van der Waals surface area contributed by atoms with E-state index in [9.17, 15) is 13.6 Å². The van der Waals surface area contributed by atoms with Gasteiger partial charge in [0.1, 0.15) is 11.6 Å². The number of aromatic nitrogens is 3. The van der Waals surface area contributed by atoms with E-state index in [-0.39, 0.29) is 11.5 Å². The van der Waals surface area contributed by atoms with Gasteiger partial charge in [0.15, 0.2) is 0 Å². The third kappa shape index (κ3) is 2.95. The molecule has 0 aliphatic carbocycles. The molecule has 1 amide bonds. The summed E-state index contributed by atoms with van der Waals surface area (Å²) in [6.45, 7) is 2.00. The maximum absolute atomic E-state index is 13.7. The van der Waals surface area contributed by atoms with Crippen molar-refractivity contribution in [2.75, 3.05) is 5.32 Å². The molecule has 0 saturated heterocycles. The van der Waals surface area contributed by atoms with E-state index in [1.807, 2.05) is 36.6 Å². The Morgan fingerprint density at radius 3 is 2.65 bits per heavy atom. The molecule has 2 aromatic heterocycles. The number of nitrogens with zero attached hydrogens (tertiary/aromatic N) is 3. The number of rotatable bonds is 3. The molecule has 0 aliphatic rings. The Labute approximate surface area is 150 Å². The summed E-state index contributed by atoms with van der Waals surface area (Å²) in [6.07, 6.45) is 0. The van der Waals surface area contributed by atoms with Crippen LogP contribution in [-0.2, 0) is 0 Å². The van der Waals surface area contributed by atoms with Crippen molar-refractivity contribution in [1.29, 1.82) is 0 Å². The van der Waals surface area contributed by atoms with Crippen LogP contribution in [0.2, 0.25) is 0 Å². The number of thiazole rings is 1. The summed E-state index contributed by atoms with van der Waals surface area (Å²) in [5, 5.41) is 8.64. The average Bonchev–Trinajstić information content (AvgIpc) is 3.15. The summed E-state index contributed by atoms with van der Waals surface area (Å²) in [5.74, 6) is -2.37. The number of hydrogen-bond acceptors (Lipinski definition) is 4. The van der Waals surface area contributed by atoms with Crippen molar-refractivity contribution < 1.29 is 13.6 Å². The molecule has 0 atom stereocenters. The normalized spacial score (nSPS) is 11.0. The molecule has 0 unspecified atom stereocenters. The number of fused-ring (bicyclic) bond motifs is 1. The smallest absolute Gasteiger partial charge is 0.261 e. The fourth-order valence-electron chi connectivity index (χ4n) is 2.50. The molecule has 0 aliphatic heterocycles. The van der Waals surface area contributed by atoms with E-state index in [0.29, 0.717) is 11.0 Å². The third-order valence-electron chi connectivity index (χ3n) is 3.83. The average molecular weight is 370 g/mol. The van der Waals surface area contributed by atoms with Gasteiger partial charge in [0.25, 0.3) is 11.9 Å². The molecule has 8 heteroatoms. The molecule has 4 rings (SSSR count). The minimum Gasteiger partial charge on any atom is -0.289 e. The van der Waals surface area contributed by atoms with Gasteiger partial charge < -0.3 is 0 Å². The second-order valence-corrected chi connectivity index (χ2v) is 6.53. The van der Waals surface area contributed by atoms with Gasteiger partial charge in [-0.25, -0.2) is 13.3 Å². The maximum Gasteiger partial charge on any atom is 0.261 e. The van der Waals surface area contributed by atoms with Gasteiger partial charge in [-0.3, -0.25) is 10.1 Å². The number of benzene rings is 2. The fraction of sp³-hybridized carbons (Fsp3) is 0.0556. The number of halogens is 2. The minimum atomic E-state index is -0.941. The Morgan fingerprint density at radius 2 is 1.92 bits per heavy atom. The molecule has 0 radical (unpaired) electrons. The van der Waals surface area contributed by atoms with Gasteiger partial charge in [-0.2, -0.15) is 4.98 Å². The minimum absolute atomic E-state index is 0.0546. The van der Waals surface area contributed by atoms with E-state index in [1.54, 1.807) is 4.52 Å². The van der Waals surface area contributed by atoms with Crippen molar-refractivity contribution in [3.05, 3.63) is 70.6 Å². The highest BCUT2D eigenvalue weighted by Crippen LogP contribution is 2.26. The van der Waals surface area contributed by atoms with Gasteiger partial charge in [-0.1, -0.05) is 29.8 Å². The molecule has 4 aromatic rings. The molecule has 2 heterocycles. The van der Waals surface area contributed by atoms with Crippen molar-refractivity contribution in [2.45, 2.75) is 6.92 Å².